The molecule has 106 valence electrons. The first-order valence-corrected chi connectivity index (χ1v) is 7.75. The number of benzene rings is 1. The van der Waals surface area contributed by atoms with Gasteiger partial charge in [0, 0.05) is 0 Å². The molecule has 4 atom stereocenters. The summed E-state index contributed by atoms with van der Waals surface area (Å²) in [7, 11) is 0. The zero-order valence-electron chi connectivity index (χ0n) is 12.4. The Balaban J connectivity index is 2.09. The Morgan fingerprint density at radius 1 is 1.25 bits per heavy atom. The van der Waals surface area contributed by atoms with Crippen LogP contribution in [-0.2, 0) is 11.8 Å². The van der Waals surface area contributed by atoms with E-state index in [1.807, 2.05) is 18.2 Å². The van der Waals surface area contributed by atoms with E-state index in [9.17, 15) is 10.4 Å². The molecule has 3 rings (SSSR count). The van der Waals surface area contributed by atoms with Crippen molar-refractivity contribution in [3.05, 3.63) is 35.4 Å². The van der Waals surface area contributed by atoms with Crippen LogP contribution < -0.4 is 0 Å². The first-order valence-electron chi connectivity index (χ1n) is 7.75. The third-order valence-electron chi connectivity index (χ3n) is 5.77. The van der Waals surface area contributed by atoms with Gasteiger partial charge in [0.25, 0.3) is 0 Å². The molecule has 4 unspecified atom stereocenters. The number of rotatable bonds is 1. The predicted octanol–water partition coefficient (Wildman–Crippen LogP) is 3.58. The molecule has 1 aromatic carbocycles. The van der Waals surface area contributed by atoms with Gasteiger partial charge in [-0.25, -0.2) is 0 Å². The summed E-state index contributed by atoms with van der Waals surface area (Å²) in [6, 6.07) is 10.7. The normalized spacial score (nSPS) is 40.1. The lowest BCUT2D eigenvalue weighted by molar-refractivity contribution is -0.0969. The fourth-order valence-electron chi connectivity index (χ4n) is 4.54. The van der Waals surface area contributed by atoms with E-state index >= 15 is 0 Å². The molecule has 2 aliphatic rings. The van der Waals surface area contributed by atoms with Crippen LogP contribution in [0, 0.1) is 23.2 Å². The second kappa shape index (κ2) is 4.60. The van der Waals surface area contributed by atoms with Crippen LogP contribution in [0.3, 0.4) is 0 Å². The van der Waals surface area contributed by atoms with E-state index < -0.39 is 11.0 Å². The first-order chi connectivity index (χ1) is 9.53. The van der Waals surface area contributed by atoms with Crippen LogP contribution in [0.2, 0.25) is 0 Å². The van der Waals surface area contributed by atoms with Gasteiger partial charge in [0.05, 0.1) is 11.7 Å². The zero-order chi connectivity index (χ0) is 14.4. The van der Waals surface area contributed by atoms with Crippen molar-refractivity contribution in [2.75, 3.05) is 0 Å². The van der Waals surface area contributed by atoms with E-state index in [4.69, 9.17) is 0 Å². The highest BCUT2D eigenvalue weighted by Crippen LogP contribution is 2.54. The second-order valence-corrected chi connectivity index (χ2v) is 6.88. The molecular formula is C18H23NO. The lowest BCUT2D eigenvalue weighted by Crippen LogP contribution is -2.56. The molecule has 0 amide bonds. The minimum Gasteiger partial charge on any atom is -0.388 e. The summed E-state index contributed by atoms with van der Waals surface area (Å²) in [6.07, 6.45) is 4.46. The Morgan fingerprint density at radius 2 is 2.00 bits per heavy atom. The van der Waals surface area contributed by atoms with Crippen LogP contribution in [0.15, 0.2) is 24.3 Å². The Hall–Kier alpha value is -1.33. The van der Waals surface area contributed by atoms with Crippen molar-refractivity contribution in [1.82, 2.24) is 0 Å². The van der Waals surface area contributed by atoms with Crippen molar-refractivity contribution in [1.29, 1.82) is 5.26 Å². The molecule has 1 aromatic rings. The van der Waals surface area contributed by atoms with Gasteiger partial charge in [-0.2, -0.15) is 5.26 Å². The van der Waals surface area contributed by atoms with Crippen molar-refractivity contribution in [3.8, 4) is 6.07 Å². The molecule has 2 heteroatoms. The summed E-state index contributed by atoms with van der Waals surface area (Å²) in [4.78, 5) is 0. The summed E-state index contributed by atoms with van der Waals surface area (Å²) in [5, 5.41) is 21.4. The average molecular weight is 269 g/mol. The van der Waals surface area contributed by atoms with Gasteiger partial charge in [-0.15, -0.1) is 0 Å². The number of aryl methyl sites for hydroxylation is 1. The number of hydrogen-bond donors (Lipinski definition) is 1. The number of hydrogen-bond acceptors (Lipinski definition) is 2. The van der Waals surface area contributed by atoms with E-state index in [2.05, 4.69) is 26.0 Å². The minimum absolute atomic E-state index is 0.178. The van der Waals surface area contributed by atoms with Crippen LogP contribution in [0.4, 0.5) is 0 Å². The van der Waals surface area contributed by atoms with E-state index in [0.29, 0.717) is 5.92 Å². The van der Waals surface area contributed by atoms with E-state index in [1.165, 1.54) is 5.56 Å². The highest BCUT2D eigenvalue weighted by atomic mass is 16.3. The maximum atomic E-state index is 11.4. The molecule has 0 radical (unpaired) electrons. The molecule has 20 heavy (non-hydrogen) atoms. The molecule has 2 aliphatic carbocycles. The van der Waals surface area contributed by atoms with Gasteiger partial charge >= 0.3 is 0 Å². The van der Waals surface area contributed by atoms with Gasteiger partial charge < -0.3 is 5.11 Å². The van der Waals surface area contributed by atoms with Crippen LogP contribution in [0.5, 0.6) is 0 Å². The van der Waals surface area contributed by atoms with E-state index in [-0.39, 0.29) is 5.92 Å². The fourth-order valence-corrected chi connectivity index (χ4v) is 4.54. The van der Waals surface area contributed by atoms with Crippen molar-refractivity contribution >= 4 is 0 Å². The molecule has 0 saturated heterocycles. The molecule has 0 heterocycles. The highest BCUT2D eigenvalue weighted by Gasteiger charge is 2.58. The first kappa shape index (κ1) is 13.6. The SMILES string of the molecule is CC1CCC(O)(C2(C#N)CCc3ccccc32)C(C)C1. The number of nitriles is 1. The van der Waals surface area contributed by atoms with Crippen LogP contribution in [0.1, 0.15) is 50.7 Å². The third kappa shape index (κ3) is 1.66. The van der Waals surface area contributed by atoms with Crippen molar-refractivity contribution in [3.63, 3.8) is 0 Å². The van der Waals surface area contributed by atoms with E-state index in [0.717, 1.165) is 37.7 Å². The molecule has 1 N–H and O–H groups in total. The smallest absolute Gasteiger partial charge is 0.112 e. The van der Waals surface area contributed by atoms with Gasteiger partial charge in [-0.1, -0.05) is 38.1 Å². The monoisotopic (exact) mass is 269 g/mol. The van der Waals surface area contributed by atoms with Gasteiger partial charge in [0.1, 0.15) is 5.41 Å². The lowest BCUT2D eigenvalue weighted by atomic mass is 9.57. The third-order valence-corrected chi connectivity index (χ3v) is 5.77. The molecule has 1 saturated carbocycles. The predicted molar refractivity (Wildman–Crippen MR) is 79.2 cm³/mol. The van der Waals surface area contributed by atoms with Crippen molar-refractivity contribution in [2.45, 2.75) is 57.0 Å². The fraction of sp³-hybridized carbons (Fsp3) is 0.611. The Morgan fingerprint density at radius 3 is 2.70 bits per heavy atom. The Kier molecular flexibility index (Phi) is 3.14. The summed E-state index contributed by atoms with van der Waals surface area (Å²) in [5.41, 5.74) is 0.740. The van der Waals surface area contributed by atoms with Crippen molar-refractivity contribution in [2.24, 2.45) is 11.8 Å². The van der Waals surface area contributed by atoms with Crippen molar-refractivity contribution < 1.29 is 5.11 Å². The maximum absolute atomic E-state index is 11.4. The standard InChI is InChI=1S/C18H23NO/c1-13-7-10-18(20,14(2)11-13)17(12-19)9-8-15-5-3-4-6-16(15)17/h3-6,13-14,20H,7-11H2,1-2H3. The number of aliphatic hydroxyl groups is 1. The zero-order valence-corrected chi connectivity index (χ0v) is 12.4. The van der Waals surface area contributed by atoms with Crippen LogP contribution in [0.25, 0.3) is 0 Å². The van der Waals surface area contributed by atoms with Gasteiger partial charge in [0.15, 0.2) is 0 Å². The molecule has 0 bridgehead atoms. The van der Waals surface area contributed by atoms with Crippen LogP contribution in [-0.4, -0.2) is 10.7 Å². The van der Waals surface area contributed by atoms with E-state index in [1.54, 1.807) is 0 Å². The largest absolute Gasteiger partial charge is 0.388 e. The Bertz CT molecular complexity index is 561. The highest BCUT2D eigenvalue weighted by molar-refractivity contribution is 5.47. The second-order valence-electron chi connectivity index (χ2n) is 6.88. The summed E-state index contributed by atoms with van der Waals surface area (Å²) < 4.78 is 0. The topological polar surface area (TPSA) is 44.0 Å². The lowest BCUT2D eigenvalue weighted by Gasteiger charge is -2.49. The maximum Gasteiger partial charge on any atom is 0.112 e. The molecule has 0 aromatic heterocycles. The molecule has 0 spiro atoms. The van der Waals surface area contributed by atoms with Gasteiger partial charge in [-0.05, 0) is 55.1 Å². The summed E-state index contributed by atoms with van der Waals surface area (Å²) >= 11 is 0. The Labute approximate surface area is 121 Å². The van der Waals surface area contributed by atoms with Crippen LogP contribution >= 0.6 is 0 Å². The van der Waals surface area contributed by atoms with Gasteiger partial charge in [0.2, 0.25) is 0 Å². The minimum atomic E-state index is -0.874. The summed E-state index contributed by atoms with van der Waals surface area (Å²) in [5.74, 6) is 0.828. The average Bonchev–Trinajstić information content (AvgIpc) is 2.84. The van der Waals surface area contributed by atoms with Gasteiger partial charge in [-0.3, -0.25) is 0 Å². The summed E-state index contributed by atoms with van der Waals surface area (Å²) in [6.45, 7) is 4.37. The molecule has 2 nitrogen and oxygen atoms in total. The number of nitrogens with zero attached hydrogens (tertiary/aromatic N) is 1. The molecular weight excluding hydrogens is 246 g/mol. The molecule has 1 fully saturated rings. The molecule has 0 aliphatic heterocycles. The quantitative estimate of drug-likeness (QED) is 0.847. The number of fused-ring (bicyclic) bond motifs is 1.